The third kappa shape index (κ3) is 5.58. The van der Waals surface area contributed by atoms with E-state index in [2.05, 4.69) is 60.3 Å². The van der Waals surface area contributed by atoms with E-state index in [1.54, 1.807) is 0 Å². The second-order valence-electron chi connectivity index (χ2n) is 4.30. The minimum atomic E-state index is 1.09. The summed E-state index contributed by atoms with van der Waals surface area (Å²) >= 11 is 6.74. The zero-order valence-electron chi connectivity index (χ0n) is 10.0. The summed E-state index contributed by atoms with van der Waals surface area (Å²) < 4.78 is 1.27. The Balaban J connectivity index is 2.19. The highest BCUT2D eigenvalue weighted by atomic mass is 127. The number of aryl methyl sites for hydroxylation is 1. The van der Waals surface area contributed by atoms with Crippen molar-refractivity contribution in [3.8, 4) is 0 Å². The van der Waals surface area contributed by atoms with Gasteiger partial charge in [-0.15, -0.1) is 12.6 Å². The molecule has 0 bridgehead atoms. The molecule has 16 heavy (non-hydrogen) atoms. The summed E-state index contributed by atoms with van der Waals surface area (Å²) in [5.41, 5.74) is 1.46. The third-order valence-corrected chi connectivity index (χ3v) is 4.54. The number of thiol groups is 1. The first kappa shape index (κ1) is 14.4. The van der Waals surface area contributed by atoms with Crippen molar-refractivity contribution in [2.45, 2.75) is 56.8 Å². The third-order valence-electron chi connectivity index (χ3n) is 2.83. The highest BCUT2D eigenvalue weighted by Crippen LogP contribution is 2.19. The number of rotatable bonds is 7. The highest BCUT2D eigenvalue weighted by Gasteiger charge is 1.98. The maximum atomic E-state index is 4.39. The molecule has 0 nitrogen and oxygen atoms in total. The Labute approximate surface area is 119 Å². The molecule has 0 aliphatic rings. The molecule has 0 unspecified atom stereocenters. The largest absolute Gasteiger partial charge is 0.142 e. The van der Waals surface area contributed by atoms with Gasteiger partial charge < -0.3 is 0 Å². The molecule has 0 fully saturated rings. The number of hydrogen-bond donors (Lipinski definition) is 1. The van der Waals surface area contributed by atoms with Gasteiger partial charge >= 0.3 is 0 Å². The Morgan fingerprint density at radius 1 is 1.06 bits per heavy atom. The van der Waals surface area contributed by atoms with Crippen LogP contribution in [0.2, 0.25) is 0 Å². The molecule has 0 atom stereocenters. The van der Waals surface area contributed by atoms with Crippen LogP contribution in [0.4, 0.5) is 0 Å². The molecule has 0 amide bonds. The van der Waals surface area contributed by atoms with Crippen molar-refractivity contribution in [2.24, 2.45) is 0 Å². The van der Waals surface area contributed by atoms with Crippen LogP contribution in [0.3, 0.4) is 0 Å². The van der Waals surface area contributed by atoms with E-state index in [1.165, 1.54) is 54.1 Å². The van der Waals surface area contributed by atoms with Gasteiger partial charge in [-0.05, 0) is 53.1 Å². The number of benzene rings is 1. The van der Waals surface area contributed by atoms with Gasteiger partial charge in [0.25, 0.3) is 0 Å². The average molecular weight is 348 g/mol. The quantitative estimate of drug-likeness (QED) is 0.376. The van der Waals surface area contributed by atoms with E-state index in [9.17, 15) is 0 Å². The molecule has 0 aliphatic carbocycles. The van der Waals surface area contributed by atoms with Gasteiger partial charge in [0.2, 0.25) is 0 Å². The van der Waals surface area contributed by atoms with Crippen LogP contribution in [0.15, 0.2) is 23.1 Å². The van der Waals surface area contributed by atoms with Crippen LogP contribution < -0.4 is 0 Å². The van der Waals surface area contributed by atoms with Gasteiger partial charge in [-0.1, -0.05) is 45.1 Å². The van der Waals surface area contributed by atoms with Crippen LogP contribution in [0.1, 0.15) is 51.0 Å². The Morgan fingerprint density at radius 3 is 2.44 bits per heavy atom. The maximum absolute atomic E-state index is 4.39. The normalized spacial score (nSPS) is 10.7. The molecule has 1 aromatic rings. The van der Waals surface area contributed by atoms with Crippen molar-refractivity contribution in [1.82, 2.24) is 0 Å². The molecule has 2 heteroatoms. The van der Waals surface area contributed by atoms with Crippen LogP contribution in [0.25, 0.3) is 0 Å². The molecule has 0 saturated heterocycles. The van der Waals surface area contributed by atoms with Gasteiger partial charge in [0, 0.05) is 8.47 Å². The lowest BCUT2D eigenvalue weighted by Crippen LogP contribution is -1.88. The fourth-order valence-corrected chi connectivity index (χ4v) is 2.53. The fourth-order valence-electron chi connectivity index (χ4n) is 1.82. The first-order valence-corrected chi connectivity index (χ1v) is 7.74. The maximum Gasteiger partial charge on any atom is 0.0266 e. The summed E-state index contributed by atoms with van der Waals surface area (Å²) in [5.74, 6) is 0. The fraction of sp³-hybridized carbons (Fsp3) is 0.571. The number of unbranched alkanes of at least 4 members (excludes halogenated alkanes) is 5. The van der Waals surface area contributed by atoms with E-state index in [1.807, 2.05) is 0 Å². The van der Waals surface area contributed by atoms with Gasteiger partial charge in [-0.3, -0.25) is 0 Å². The summed E-state index contributed by atoms with van der Waals surface area (Å²) in [5, 5.41) is 0. The molecule has 90 valence electrons. The van der Waals surface area contributed by atoms with E-state index in [-0.39, 0.29) is 0 Å². The molecule has 0 heterocycles. The van der Waals surface area contributed by atoms with Gasteiger partial charge in [-0.25, -0.2) is 0 Å². The Hall–Kier alpha value is 0.300. The standard InChI is InChI=1S/C14H21IS/c1-2-3-4-5-6-7-8-12-9-10-14(16)13(15)11-12/h9-11,16H,2-8H2,1H3. The van der Waals surface area contributed by atoms with Gasteiger partial charge in [0.1, 0.15) is 0 Å². The molecule has 0 aliphatic heterocycles. The molecule has 0 spiro atoms. The lowest BCUT2D eigenvalue weighted by molar-refractivity contribution is 0.607. The van der Waals surface area contributed by atoms with Gasteiger partial charge in [-0.2, -0.15) is 0 Å². The van der Waals surface area contributed by atoms with Crippen LogP contribution in [-0.4, -0.2) is 0 Å². The molecule has 0 N–H and O–H groups in total. The van der Waals surface area contributed by atoms with Crippen LogP contribution >= 0.6 is 35.2 Å². The van der Waals surface area contributed by atoms with E-state index in [4.69, 9.17) is 0 Å². The van der Waals surface area contributed by atoms with Crippen molar-refractivity contribution in [3.05, 3.63) is 27.3 Å². The van der Waals surface area contributed by atoms with Crippen LogP contribution in [0, 0.1) is 3.57 Å². The number of halogens is 1. The summed E-state index contributed by atoms with van der Waals surface area (Å²) in [6.45, 7) is 2.26. The summed E-state index contributed by atoms with van der Waals surface area (Å²) in [6.07, 6.45) is 9.45. The monoisotopic (exact) mass is 348 g/mol. The molecular weight excluding hydrogens is 327 g/mol. The minimum Gasteiger partial charge on any atom is -0.142 e. The first-order valence-electron chi connectivity index (χ1n) is 6.21. The molecule has 0 aromatic heterocycles. The second kappa shape index (κ2) is 8.40. The molecular formula is C14H21IS. The molecule has 0 radical (unpaired) electrons. The van der Waals surface area contributed by atoms with Gasteiger partial charge in [0.15, 0.2) is 0 Å². The van der Waals surface area contributed by atoms with E-state index in [0.29, 0.717) is 0 Å². The van der Waals surface area contributed by atoms with Crippen molar-refractivity contribution in [2.75, 3.05) is 0 Å². The highest BCUT2D eigenvalue weighted by molar-refractivity contribution is 14.1. The SMILES string of the molecule is CCCCCCCCc1ccc(S)c(I)c1. The molecule has 1 aromatic carbocycles. The van der Waals surface area contributed by atoms with E-state index in [0.717, 1.165) is 4.90 Å². The van der Waals surface area contributed by atoms with Crippen molar-refractivity contribution >= 4 is 35.2 Å². The van der Waals surface area contributed by atoms with Crippen LogP contribution in [0.5, 0.6) is 0 Å². The molecule has 1 rings (SSSR count). The average Bonchev–Trinajstić information content (AvgIpc) is 2.28. The van der Waals surface area contributed by atoms with E-state index >= 15 is 0 Å². The summed E-state index contributed by atoms with van der Waals surface area (Å²) in [7, 11) is 0. The Kier molecular flexibility index (Phi) is 7.54. The Morgan fingerprint density at radius 2 is 1.75 bits per heavy atom. The topological polar surface area (TPSA) is 0 Å². The zero-order valence-corrected chi connectivity index (χ0v) is 13.1. The van der Waals surface area contributed by atoms with Crippen molar-refractivity contribution in [1.29, 1.82) is 0 Å². The van der Waals surface area contributed by atoms with E-state index < -0.39 is 0 Å². The van der Waals surface area contributed by atoms with Crippen molar-refractivity contribution < 1.29 is 0 Å². The minimum absolute atomic E-state index is 1.09. The Bertz CT molecular complexity index is 310. The lowest BCUT2D eigenvalue weighted by Gasteiger charge is -2.04. The predicted octanol–water partition coefficient (Wildman–Crippen LogP) is 5.48. The zero-order chi connectivity index (χ0) is 11.8. The second-order valence-corrected chi connectivity index (χ2v) is 5.95. The van der Waals surface area contributed by atoms with Crippen molar-refractivity contribution in [3.63, 3.8) is 0 Å². The predicted molar refractivity (Wildman–Crippen MR) is 83.5 cm³/mol. The lowest BCUT2D eigenvalue weighted by atomic mass is 10.1. The first-order chi connectivity index (χ1) is 7.74. The number of hydrogen-bond acceptors (Lipinski definition) is 1. The van der Waals surface area contributed by atoms with Crippen LogP contribution in [-0.2, 0) is 6.42 Å². The summed E-state index contributed by atoms with van der Waals surface area (Å²) in [6, 6.07) is 6.57. The summed E-state index contributed by atoms with van der Waals surface area (Å²) in [4.78, 5) is 1.09. The molecule has 0 saturated carbocycles. The van der Waals surface area contributed by atoms with Gasteiger partial charge in [0.05, 0.1) is 0 Å². The smallest absolute Gasteiger partial charge is 0.0266 e.